The lowest BCUT2D eigenvalue weighted by Crippen LogP contribution is -2.24. The Hall–Kier alpha value is -1.02. The fourth-order valence-corrected chi connectivity index (χ4v) is 2.47. The van der Waals surface area contributed by atoms with Crippen molar-refractivity contribution in [3.8, 4) is 5.75 Å². The lowest BCUT2D eigenvalue weighted by Gasteiger charge is -2.19. The highest BCUT2D eigenvalue weighted by molar-refractivity contribution is 5.31. The zero-order chi connectivity index (χ0) is 12.3. The van der Waals surface area contributed by atoms with Gasteiger partial charge in [-0.2, -0.15) is 0 Å². The van der Waals surface area contributed by atoms with Gasteiger partial charge in [-0.1, -0.05) is 26.0 Å². The Morgan fingerprint density at radius 3 is 2.82 bits per heavy atom. The quantitative estimate of drug-likeness (QED) is 0.813. The molecule has 0 radical (unpaired) electrons. The van der Waals surface area contributed by atoms with Crippen LogP contribution in [0, 0.1) is 11.8 Å². The summed E-state index contributed by atoms with van der Waals surface area (Å²) in [6, 6.07) is 8.97. The van der Waals surface area contributed by atoms with E-state index in [1.807, 2.05) is 6.07 Å². The third-order valence-electron chi connectivity index (χ3n) is 3.67. The van der Waals surface area contributed by atoms with Crippen LogP contribution in [0.25, 0.3) is 0 Å². The number of hydrogen-bond acceptors (Lipinski definition) is 2. The van der Waals surface area contributed by atoms with Crippen molar-refractivity contribution < 1.29 is 4.74 Å². The zero-order valence-corrected chi connectivity index (χ0v) is 11.1. The molecule has 3 unspecified atom stereocenters. The van der Waals surface area contributed by atoms with E-state index in [0.717, 1.165) is 24.1 Å². The Balaban J connectivity index is 2.12. The summed E-state index contributed by atoms with van der Waals surface area (Å²) in [5.74, 6) is 2.61. The summed E-state index contributed by atoms with van der Waals surface area (Å²) in [6.45, 7) is 5.64. The van der Waals surface area contributed by atoms with Crippen LogP contribution in [0.5, 0.6) is 5.75 Å². The summed E-state index contributed by atoms with van der Waals surface area (Å²) in [6.07, 6.45) is 2.53. The molecule has 0 heterocycles. The predicted octanol–water partition coefficient (Wildman–Crippen LogP) is 3.39. The second kappa shape index (κ2) is 5.54. The summed E-state index contributed by atoms with van der Waals surface area (Å²) >= 11 is 0. The molecule has 94 valence electrons. The van der Waals surface area contributed by atoms with Crippen LogP contribution in [0.1, 0.15) is 38.3 Å². The van der Waals surface area contributed by atoms with E-state index in [4.69, 9.17) is 4.74 Å². The Kier molecular flexibility index (Phi) is 4.06. The Labute approximate surface area is 104 Å². The smallest absolute Gasteiger partial charge is 0.119 e. The molecule has 0 spiro atoms. The van der Waals surface area contributed by atoms with E-state index in [9.17, 15) is 0 Å². The van der Waals surface area contributed by atoms with Gasteiger partial charge in [-0.25, -0.2) is 0 Å². The maximum atomic E-state index is 5.31. The van der Waals surface area contributed by atoms with Gasteiger partial charge in [0.05, 0.1) is 7.11 Å². The Morgan fingerprint density at radius 2 is 2.24 bits per heavy atom. The molecule has 1 saturated carbocycles. The van der Waals surface area contributed by atoms with Gasteiger partial charge in [0.25, 0.3) is 0 Å². The van der Waals surface area contributed by atoms with Gasteiger partial charge in [0.1, 0.15) is 5.75 Å². The molecule has 1 aromatic carbocycles. The van der Waals surface area contributed by atoms with Gasteiger partial charge >= 0.3 is 0 Å². The molecular formula is C15H23NO. The molecule has 0 saturated heterocycles. The molecule has 3 atom stereocenters. The van der Waals surface area contributed by atoms with E-state index >= 15 is 0 Å². The molecule has 1 fully saturated rings. The van der Waals surface area contributed by atoms with Crippen LogP contribution in [0.4, 0.5) is 0 Å². The SMILES string of the molecule is CCCNC(c1cccc(OC)c1)C1CC1C. The van der Waals surface area contributed by atoms with Crippen LogP contribution in [0.15, 0.2) is 24.3 Å². The molecule has 2 heteroatoms. The second-order valence-electron chi connectivity index (χ2n) is 5.09. The minimum Gasteiger partial charge on any atom is -0.497 e. The molecule has 0 amide bonds. The Morgan fingerprint density at radius 1 is 1.47 bits per heavy atom. The second-order valence-corrected chi connectivity index (χ2v) is 5.09. The van der Waals surface area contributed by atoms with Crippen molar-refractivity contribution in [2.75, 3.05) is 13.7 Å². The monoisotopic (exact) mass is 233 g/mol. The van der Waals surface area contributed by atoms with E-state index < -0.39 is 0 Å². The van der Waals surface area contributed by atoms with Crippen LogP contribution >= 0.6 is 0 Å². The minimum absolute atomic E-state index is 0.500. The highest BCUT2D eigenvalue weighted by atomic mass is 16.5. The zero-order valence-electron chi connectivity index (χ0n) is 11.1. The average Bonchev–Trinajstić information content (AvgIpc) is 3.07. The van der Waals surface area contributed by atoms with Crippen molar-refractivity contribution in [2.45, 2.75) is 32.7 Å². The van der Waals surface area contributed by atoms with Gasteiger partial charge in [-0.3, -0.25) is 0 Å². The summed E-state index contributed by atoms with van der Waals surface area (Å²) in [4.78, 5) is 0. The van der Waals surface area contributed by atoms with Gasteiger partial charge in [0.15, 0.2) is 0 Å². The molecule has 1 N–H and O–H groups in total. The van der Waals surface area contributed by atoms with Crippen molar-refractivity contribution in [1.29, 1.82) is 0 Å². The number of hydrogen-bond donors (Lipinski definition) is 1. The van der Waals surface area contributed by atoms with Crippen molar-refractivity contribution in [3.05, 3.63) is 29.8 Å². The highest BCUT2D eigenvalue weighted by Crippen LogP contribution is 2.47. The lowest BCUT2D eigenvalue weighted by molar-refractivity contribution is 0.410. The first kappa shape index (κ1) is 12.4. The van der Waals surface area contributed by atoms with Crippen molar-refractivity contribution >= 4 is 0 Å². The molecule has 2 nitrogen and oxygen atoms in total. The first-order chi connectivity index (χ1) is 8.26. The summed E-state index contributed by atoms with van der Waals surface area (Å²) < 4.78 is 5.31. The van der Waals surface area contributed by atoms with Gasteiger partial charge in [-0.05, 0) is 48.9 Å². The van der Waals surface area contributed by atoms with Crippen LogP contribution in [0.3, 0.4) is 0 Å². The molecule has 1 aromatic rings. The number of benzene rings is 1. The lowest BCUT2D eigenvalue weighted by atomic mass is 10.0. The molecule has 2 rings (SSSR count). The number of rotatable bonds is 6. The predicted molar refractivity (Wildman–Crippen MR) is 71.3 cm³/mol. The van der Waals surface area contributed by atoms with Crippen molar-refractivity contribution in [2.24, 2.45) is 11.8 Å². The molecule has 1 aliphatic carbocycles. The Bertz CT molecular complexity index is 364. The first-order valence-corrected chi connectivity index (χ1v) is 6.63. The van der Waals surface area contributed by atoms with E-state index in [1.54, 1.807) is 7.11 Å². The largest absolute Gasteiger partial charge is 0.497 e. The van der Waals surface area contributed by atoms with Gasteiger partial charge in [-0.15, -0.1) is 0 Å². The van der Waals surface area contributed by atoms with Crippen LogP contribution in [-0.4, -0.2) is 13.7 Å². The van der Waals surface area contributed by atoms with Crippen LogP contribution < -0.4 is 10.1 Å². The molecule has 0 aliphatic heterocycles. The van der Waals surface area contributed by atoms with Crippen molar-refractivity contribution in [1.82, 2.24) is 5.32 Å². The number of methoxy groups -OCH3 is 1. The first-order valence-electron chi connectivity index (χ1n) is 6.63. The summed E-state index contributed by atoms with van der Waals surface area (Å²) in [5, 5.41) is 3.67. The normalized spacial score (nSPS) is 24.4. The summed E-state index contributed by atoms with van der Waals surface area (Å²) in [5.41, 5.74) is 1.37. The fourth-order valence-electron chi connectivity index (χ4n) is 2.47. The third-order valence-corrected chi connectivity index (χ3v) is 3.67. The molecule has 1 aliphatic rings. The highest BCUT2D eigenvalue weighted by Gasteiger charge is 2.39. The van der Waals surface area contributed by atoms with Crippen molar-refractivity contribution in [3.63, 3.8) is 0 Å². The average molecular weight is 233 g/mol. The van der Waals surface area contributed by atoms with Gasteiger partial charge in [0.2, 0.25) is 0 Å². The van der Waals surface area contributed by atoms with E-state index in [1.165, 1.54) is 18.4 Å². The molecule has 0 bridgehead atoms. The summed E-state index contributed by atoms with van der Waals surface area (Å²) in [7, 11) is 1.73. The minimum atomic E-state index is 0.500. The fraction of sp³-hybridized carbons (Fsp3) is 0.600. The van der Waals surface area contributed by atoms with Gasteiger partial charge < -0.3 is 10.1 Å². The van der Waals surface area contributed by atoms with E-state index in [2.05, 4.69) is 37.4 Å². The number of ether oxygens (including phenoxy) is 1. The third kappa shape index (κ3) is 3.01. The standard InChI is InChI=1S/C15H23NO/c1-4-8-16-15(14-9-11(14)2)12-6-5-7-13(10-12)17-3/h5-7,10-11,14-16H,4,8-9H2,1-3H3. The van der Waals surface area contributed by atoms with E-state index in [-0.39, 0.29) is 0 Å². The molecular weight excluding hydrogens is 210 g/mol. The van der Waals surface area contributed by atoms with Crippen LogP contribution in [-0.2, 0) is 0 Å². The van der Waals surface area contributed by atoms with Gasteiger partial charge in [0, 0.05) is 6.04 Å². The van der Waals surface area contributed by atoms with Crippen LogP contribution in [0.2, 0.25) is 0 Å². The molecule has 0 aromatic heterocycles. The number of nitrogens with one attached hydrogen (secondary N) is 1. The topological polar surface area (TPSA) is 21.3 Å². The maximum Gasteiger partial charge on any atom is 0.119 e. The maximum absolute atomic E-state index is 5.31. The van der Waals surface area contributed by atoms with E-state index in [0.29, 0.717) is 6.04 Å². The molecule has 17 heavy (non-hydrogen) atoms.